The van der Waals surface area contributed by atoms with Gasteiger partial charge in [0, 0.05) is 17.0 Å². The van der Waals surface area contributed by atoms with Gasteiger partial charge in [-0.05, 0) is 54.6 Å². The maximum absolute atomic E-state index is 12.9. The molecule has 0 aromatic heterocycles. The van der Waals surface area contributed by atoms with Gasteiger partial charge in [0.1, 0.15) is 0 Å². The van der Waals surface area contributed by atoms with E-state index in [1.54, 1.807) is 19.1 Å². The van der Waals surface area contributed by atoms with Crippen LogP contribution in [0.1, 0.15) is 25.0 Å². The predicted molar refractivity (Wildman–Crippen MR) is 124 cm³/mol. The Balaban J connectivity index is 1.99. The number of esters is 1. The highest BCUT2D eigenvalue weighted by molar-refractivity contribution is 8.18. The van der Waals surface area contributed by atoms with Crippen LogP contribution in [-0.2, 0) is 16.1 Å². The van der Waals surface area contributed by atoms with Crippen molar-refractivity contribution in [1.82, 2.24) is 4.90 Å². The van der Waals surface area contributed by atoms with E-state index in [-0.39, 0.29) is 35.1 Å². The molecule has 12 heteroatoms. The lowest BCUT2D eigenvalue weighted by Gasteiger charge is -2.14. The molecular formula is C21H16Cl2N2O7S. The van der Waals surface area contributed by atoms with Gasteiger partial charge in [-0.2, -0.15) is 0 Å². The van der Waals surface area contributed by atoms with E-state index in [4.69, 9.17) is 32.7 Å². The lowest BCUT2D eigenvalue weighted by atomic mass is 10.1. The molecule has 0 aliphatic carbocycles. The van der Waals surface area contributed by atoms with E-state index in [0.717, 1.165) is 11.8 Å². The van der Waals surface area contributed by atoms with Gasteiger partial charge in [-0.3, -0.25) is 29.4 Å². The number of carbonyl (C=O) groups is 3. The summed E-state index contributed by atoms with van der Waals surface area (Å²) in [6.45, 7) is 2.74. The van der Waals surface area contributed by atoms with Gasteiger partial charge in [-0.25, -0.2) is 0 Å². The molecule has 1 aliphatic rings. The van der Waals surface area contributed by atoms with Crippen molar-refractivity contribution in [3.8, 4) is 11.5 Å². The summed E-state index contributed by atoms with van der Waals surface area (Å²) in [5, 5.41) is 12.0. The molecule has 0 unspecified atom stereocenters. The third kappa shape index (κ3) is 5.47. The lowest BCUT2D eigenvalue weighted by molar-refractivity contribution is -0.386. The van der Waals surface area contributed by atoms with Crippen molar-refractivity contribution < 1.29 is 28.8 Å². The number of amides is 2. The minimum atomic E-state index is -0.707. The van der Waals surface area contributed by atoms with E-state index >= 15 is 0 Å². The Morgan fingerprint density at radius 3 is 2.58 bits per heavy atom. The molecule has 2 amide bonds. The molecule has 2 aromatic rings. The number of imide groups is 1. The third-order valence-electron chi connectivity index (χ3n) is 4.36. The molecule has 0 bridgehead atoms. The van der Waals surface area contributed by atoms with Gasteiger partial charge < -0.3 is 9.47 Å². The molecule has 172 valence electrons. The van der Waals surface area contributed by atoms with Gasteiger partial charge in [-0.15, -0.1) is 0 Å². The Morgan fingerprint density at radius 2 is 1.97 bits per heavy atom. The quantitative estimate of drug-likeness (QED) is 0.158. The fourth-order valence-corrected chi connectivity index (χ4v) is 4.29. The Morgan fingerprint density at radius 1 is 1.24 bits per heavy atom. The van der Waals surface area contributed by atoms with Crippen molar-refractivity contribution in [3.63, 3.8) is 0 Å². The summed E-state index contributed by atoms with van der Waals surface area (Å²) in [6.07, 6.45) is 1.23. The zero-order chi connectivity index (χ0) is 24.3. The molecule has 1 saturated heterocycles. The largest absolute Gasteiger partial charge is 0.485 e. The smallest absolute Gasteiger partial charge is 0.322 e. The van der Waals surface area contributed by atoms with Crippen LogP contribution >= 0.6 is 35.0 Å². The average Bonchev–Trinajstić information content (AvgIpc) is 2.98. The van der Waals surface area contributed by atoms with Crippen molar-refractivity contribution in [1.29, 1.82) is 0 Å². The van der Waals surface area contributed by atoms with Gasteiger partial charge in [0.2, 0.25) is 5.75 Å². The first-order valence-corrected chi connectivity index (χ1v) is 11.0. The lowest BCUT2D eigenvalue weighted by Crippen LogP contribution is -2.27. The zero-order valence-electron chi connectivity index (χ0n) is 17.3. The third-order valence-corrected chi connectivity index (χ3v) is 5.85. The molecule has 0 saturated carbocycles. The molecule has 0 N–H and O–H groups in total. The number of nitrogens with zero attached hydrogens (tertiary/aromatic N) is 2. The van der Waals surface area contributed by atoms with Crippen LogP contribution in [-0.4, -0.2) is 33.5 Å². The van der Waals surface area contributed by atoms with E-state index in [0.29, 0.717) is 27.4 Å². The van der Waals surface area contributed by atoms with E-state index in [2.05, 4.69) is 0 Å². The Labute approximate surface area is 202 Å². The summed E-state index contributed by atoms with van der Waals surface area (Å²) in [5.74, 6) is -1.69. The second-order valence-corrected chi connectivity index (χ2v) is 8.45. The molecule has 2 aromatic carbocycles. The van der Waals surface area contributed by atoms with Gasteiger partial charge >= 0.3 is 11.7 Å². The minimum Gasteiger partial charge on any atom is -0.485 e. The number of thioether (sulfide) groups is 1. The Kier molecular flexibility index (Phi) is 7.62. The van der Waals surface area contributed by atoms with Crippen LogP contribution in [0, 0.1) is 10.1 Å². The Bertz CT molecular complexity index is 1200. The second-order valence-electron chi connectivity index (χ2n) is 6.62. The number of halogens is 2. The van der Waals surface area contributed by atoms with Crippen molar-refractivity contribution >= 4 is 63.8 Å². The van der Waals surface area contributed by atoms with Crippen LogP contribution in [0.2, 0.25) is 10.0 Å². The van der Waals surface area contributed by atoms with Gasteiger partial charge in [0.15, 0.2) is 5.75 Å². The van der Waals surface area contributed by atoms with Crippen molar-refractivity contribution in [2.45, 2.75) is 20.4 Å². The molecule has 0 atom stereocenters. The van der Waals surface area contributed by atoms with E-state index in [9.17, 15) is 24.5 Å². The SMILES string of the molecule is CCOc1c(OC(C)=O)ccc(/C=C2\SC(=O)N(Cc3ccc(Cl)cc3Cl)C2=O)c1[N+](=O)[O-]. The van der Waals surface area contributed by atoms with Crippen molar-refractivity contribution in [3.05, 3.63) is 66.5 Å². The van der Waals surface area contributed by atoms with Gasteiger partial charge in [0.05, 0.1) is 28.5 Å². The van der Waals surface area contributed by atoms with Crippen LogP contribution in [0.15, 0.2) is 35.2 Å². The number of ether oxygens (including phenoxy) is 2. The number of nitro groups is 1. The summed E-state index contributed by atoms with van der Waals surface area (Å²) in [5.41, 5.74) is 0.0254. The monoisotopic (exact) mass is 510 g/mol. The number of carbonyl (C=O) groups excluding carboxylic acids is 3. The fraction of sp³-hybridized carbons (Fsp3) is 0.190. The molecule has 1 heterocycles. The first kappa shape index (κ1) is 24.6. The second kappa shape index (κ2) is 10.2. The maximum atomic E-state index is 12.9. The van der Waals surface area contributed by atoms with Crippen LogP contribution < -0.4 is 9.47 Å². The number of hydrogen-bond acceptors (Lipinski definition) is 8. The highest BCUT2D eigenvalue weighted by atomic mass is 35.5. The van der Waals surface area contributed by atoms with Crippen LogP contribution in [0.4, 0.5) is 10.5 Å². The summed E-state index contributed by atoms with van der Waals surface area (Å²) in [4.78, 5) is 48.8. The van der Waals surface area contributed by atoms with Crippen LogP contribution in [0.25, 0.3) is 6.08 Å². The number of rotatable bonds is 7. The highest BCUT2D eigenvalue weighted by Gasteiger charge is 2.36. The summed E-state index contributed by atoms with van der Waals surface area (Å²) in [6, 6.07) is 7.31. The predicted octanol–water partition coefficient (Wildman–Crippen LogP) is 5.46. The van der Waals surface area contributed by atoms with E-state index in [1.165, 1.54) is 24.3 Å². The summed E-state index contributed by atoms with van der Waals surface area (Å²) < 4.78 is 10.4. The number of hydrogen-bond donors (Lipinski definition) is 0. The fourth-order valence-electron chi connectivity index (χ4n) is 2.99. The molecule has 0 spiro atoms. The molecule has 3 rings (SSSR count). The van der Waals surface area contributed by atoms with Crippen LogP contribution in [0.3, 0.4) is 0 Å². The summed E-state index contributed by atoms with van der Waals surface area (Å²) >= 11 is 12.7. The molecule has 33 heavy (non-hydrogen) atoms. The van der Waals surface area contributed by atoms with Gasteiger partial charge in [-0.1, -0.05) is 29.3 Å². The van der Waals surface area contributed by atoms with Crippen molar-refractivity contribution in [2.75, 3.05) is 6.61 Å². The molecular weight excluding hydrogens is 495 g/mol. The molecule has 0 radical (unpaired) electrons. The first-order chi connectivity index (χ1) is 15.6. The number of benzene rings is 2. The van der Waals surface area contributed by atoms with E-state index in [1.807, 2.05) is 0 Å². The van der Waals surface area contributed by atoms with E-state index < -0.39 is 27.7 Å². The standard InChI is InChI=1S/C21H16Cl2N2O7S/c1-3-31-19-16(32-11(2)26)7-5-12(18(19)25(29)30)8-17-20(27)24(21(28)33-17)10-13-4-6-14(22)9-15(13)23/h4-9H,3,10H2,1-2H3/b17-8-. The molecule has 9 nitrogen and oxygen atoms in total. The first-order valence-electron chi connectivity index (χ1n) is 9.44. The maximum Gasteiger partial charge on any atom is 0.322 e. The molecule has 1 aliphatic heterocycles. The molecule has 1 fully saturated rings. The highest BCUT2D eigenvalue weighted by Crippen LogP contribution is 2.43. The Hall–Kier alpha value is -3.08. The minimum absolute atomic E-state index is 0.00868. The topological polar surface area (TPSA) is 116 Å². The van der Waals surface area contributed by atoms with Crippen LogP contribution in [0.5, 0.6) is 11.5 Å². The van der Waals surface area contributed by atoms with Crippen molar-refractivity contribution in [2.24, 2.45) is 0 Å². The zero-order valence-corrected chi connectivity index (χ0v) is 19.6. The average molecular weight is 511 g/mol. The number of nitro benzene ring substituents is 1. The normalized spacial score (nSPS) is 14.7. The van der Waals surface area contributed by atoms with Gasteiger partial charge in [0.25, 0.3) is 11.1 Å². The summed E-state index contributed by atoms with van der Waals surface area (Å²) in [7, 11) is 0.